The van der Waals surface area contributed by atoms with Crippen LogP contribution in [0.25, 0.3) is 22.1 Å². The van der Waals surface area contributed by atoms with Gasteiger partial charge in [0.25, 0.3) is 5.56 Å². The third-order valence-electron chi connectivity index (χ3n) is 3.93. The largest absolute Gasteiger partial charge is 0.493 e. The number of methoxy groups -OCH3 is 2. The minimum absolute atomic E-state index is 0.112. The van der Waals surface area contributed by atoms with Crippen LogP contribution < -0.4 is 19.6 Å². The van der Waals surface area contributed by atoms with Crippen LogP contribution in [0.5, 0.6) is 11.5 Å². The van der Waals surface area contributed by atoms with E-state index in [1.807, 2.05) is 24.3 Å². The van der Waals surface area contributed by atoms with E-state index in [1.165, 1.54) is 11.3 Å². The Bertz CT molecular complexity index is 1210. The van der Waals surface area contributed by atoms with Crippen LogP contribution in [0.4, 0.5) is 0 Å². The number of rotatable bonds is 3. The summed E-state index contributed by atoms with van der Waals surface area (Å²) in [7, 11) is 3.10. The summed E-state index contributed by atoms with van der Waals surface area (Å²) in [6.07, 6.45) is 1.75. The molecule has 4 aromatic rings. The average Bonchev–Trinajstić information content (AvgIpc) is 3.13. The van der Waals surface area contributed by atoms with Crippen molar-refractivity contribution in [1.82, 2.24) is 9.38 Å². The Kier molecular flexibility index (Phi) is 3.86. The van der Waals surface area contributed by atoms with Gasteiger partial charge in [0, 0.05) is 6.07 Å². The van der Waals surface area contributed by atoms with Gasteiger partial charge in [0.15, 0.2) is 16.5 Å². The summed E-state index contributed by atoms with van der Waals surface area (Å²) in [6.45, 7) is 0. The van der Waals surface area contributed by atoms with Crippen molar-refractivity contribution in [3.8, 4) is 11.5 Å². The molecule has 0 saturated heterocycles. The van der Waals surface area contributed by atoms with Crippen LogP contribution in [0.3, 0.4) is 0 Å². The number of halogens is 1. The van der Waals surface area contributed by atoms with Crippen molar-refractivity contribution in [1.29, 1.82) is 0 Å². The summed E-state index contributed by atoms with van der Waals surface area (Å²) in [5, 5.41) is 0.480. The highest BCUT2D eigenvalue weighted by atomic mass is 35.5. The second kappa shape index (κ2) is 6.06. The van der Waals surface area contributed by atoms with Crippen molar-refractivity contribution in [3.63, 3.8) is 0 Å². The van der Waals surface area contributed by atoms with E-state index in [0.29, 0.717) is 31.6 Å². The predicted molar refractivity (Wildman–Crippen MR) is 100 cm³/mol. The van der Waals surface area contributed by atoms with Gasteiger partial charge in [-0.1, -0.05) is 35.1 Å². The van der Waals surface area contributed by atoms with E-state index in [2.05, 4.69) is 4.98 Å². The van der Waals surface area contributed by atoms with Crippen LogP contribution in [0.2, 0.25) is 5.02 Å². The van der Waals surface area contributed by atoms with Crippen LogP contribution >= 0.6 is 22.9 Å². The number of ether oxygens (including phenoxy) is 2. The van der Waals surface area contributed by atoms with E-state index in [9.17, 15) is 4.79 Å². The highest BCUT2D eigenvalue weighted by Crippen LogP contribution is 2.33. The molecule has 0 aliphatic heterocycles. The number of hydrogen-bond acceptors (Lipinski definition) is 5. The maximum Gasteiger partial charge on any atom is 0.274 e. The average molecular weight is 373 g/mol. The van der Waals surface area contributed by atoms with Gasteiger partial charge in [0.2, 0.25) is 0 Å². The first-order chi connectivity index (χ1) is 12.1. The van der Waals surface area contributed by atoms with Crippen molar-refractivity contribution in [3.05, 3.63) is 61.9 Å². The van der Waals surface area contributed by atoms with E-state index in [1.54, 1.807) is 36.8 Å². The maximum atomic E-state index is 12.8. The molecule has 2 aromatic carbocycles. The molecule has 0 aliphatic rings. The number of fused-ring (bicyclic) bond motifs is 3. The highest BCUT2D eigenvalue weighted by molar-refractivity contribution is 7.15. The molecule has 0 radical (unpaired) electrons. The smallest absolute Gasteiger partial charge is 0.274 e. The number of aromatic nitrogens is 2. The van der Waals surface area contributed by atoms with Crippen molar-refractivity contribution >= 4 is 45.0 Å². The quantitative estimate of drug-likeness (QED) is 0.554. The highest BCUT2D eigenvalue weighted by Gasteiger charge is 2.12. The summed E-state index contributed by atoms with van der Waals surface area (Å²) in [5.74, 6) is 1.09. The Balaban J connectivity index is 1.96. The zero-order valence-corrected chi connectivity index (χ0v) is 15.0. The molecule has 0 amide bonds. The van der Waals surface area contributed by atoms with Gasteiger partial charge in [-0.05, 0) is 29.8 Å². The van der Waals surface area contributed by atoms with E-state index in [0.717, 1.165) is 11.0 Å². The fraction of sp³-hybridized carbons (Fsp3) is 0.111. The van der Waals surface area contributed by atoms with E-state index >= 15 is 0 Å². The number of hydrogen-bond donors (Lipinski definition) is 0. The summed E-state index contributed by atoms with van der Waals surface area (Å²) in [6, 6.07) is 11.0. The standard InChI is InChI=1S/C18H13ClN2O3S/c1-23-14-7-10(11(19)9-15(14)24-2)8-16-17(22)21-13-6-4-3-5-12(13)20-18(21)25-16/h3-9H,1-2H3/b16-8-. The molecule has 0 spiro atoms. The second-order valence-electron chi connectivity index (χ2n) is 5.36. The first-order valence-electron chi connectivity index (χ1n) is 7.45. The molecule has 2 heterocycles. The molecule has 0 saturated carbocycles. The second-order valence-corrected chi connectivity index (χ2v) is 6.78. The minimum Gasteiger partial charge on any atom is -0.493 e. The molecular weight excluding hydrogens is 360 g/mol. The van der Waals surface area contributed by atoms with Crippen LogP contribution in [0, 0.1) is 0 Å². The first-order valence-corrected chi connectivity index (χ1v) is 8.65. The monoisotopic (exact) mass is 372 g/mol. The van der Waals surface area contributed by atoms with Gasteiger partial charge in [-0.2, -0.15) is 0 Å². The van der Waals surface area contributed by atoms with Crippen molar-refractivity contribution in [2.45, 2.75) is 0 Å². The lowest BCUT2D eigenvalue weighted by Crippen LogP contribution is -2.22. The summed E-state index contributed by atoms with van der Waals surface area (Å²) < 4.78 is 12.7. The normalized spacial score (nSPS) is 12.2. The third kappa shape index (κ3) is 2.54. The van der Waals surface area contributed by atoms with E-state index in [4.69, 9.17) is 21.1 Å². The number of nitrogens with zero attached hydrogens (tertiary/aromatic N) is 2. The zero-order valence-electron chi connectivity index (χ0n) is 13.4. The third-order valence-corrected chi connectivity index (χ3v) is 5.23. The Hall–Kier alpha value is -2.57. The Morgan fingerprint density at radius 2 is 1.88 bits per heavy atom. The molecule has 25 heavy (non-hydrogen) atoms. The van der Waals surface area contributed by atoms with Gasteiger partial charge < -0.3 is 9.47 Å². The first kappa shape index (κ1) is 15.9. The van der Waals surface area contributed by atoms with Gasteiger partial charge in [-0.15, -0.1) is 0 Å². The van der Waals surface area contributed by atoms with Gasteiger partial charge in [-0.25, -0.2) is 9.38 Å². The van der Waals surface area contributed by atoms with Crippen LogP contribution in [-0.2, 0) is 0 Å². The molecule has 0 unspecified atom stereocenters. The van der Waals surface area contributed by atoms with Crippen LogP contribution in [0.15, 0.2) is 41.2 Å². The fourth-order valence-electron chi connectivity index (χ4n) is 2.73. The van der Waals surface area contributed by atoms with Gasteiger partial charge >= 0.3 is 0 Å². The maximum absolute atomic E-state index is 12.8. The molecule has 0 N–H and O–H groups in total. The molecule has 0 aliphatic carbocycles. The molecule has 5 nitrogen and oxygen atoms in total. The molecule has 0 fully saturated rings. The van der Waals surface area contributed by atoms with Crippen molar-refractivity contribution in [2.75, 3.05) is 14.2 Å². The molecule has 7 heteroatoms. The SMILES string of the molecule is COc1cc(Cl)c(/C=c2\sc3nc4ccccc4n3c2=O)cc1OC. The lowest BCUT2D eigenvalue weighted by atomic mass is 10.2. The van der Waals surface area contributed by atoms with E-state index < -0.39 is 0 Å². The Morgan fingerprint density at radius 1 is 1.16 bits per heavy atom. The van der Waals surface area contributed by atoms with Crippen molar-refractivity contribution < 1.29 is 9.47 Å². The fourth-order valence-corrected chi connectivity index (χ4v) is 3.92. The lowest BCUT2D eigenvalue weighted by Gasteiger charge is -2.09. The lowest BCUT2D eigenvalue weighted by molar-refractivity contribution is 0.355. The Labute approximate surface area is 151 Å². The predicted octanol–water partition coefficient (Wildman–Crippen LogP) is 3.13. The van der Waals surface area contributed by atoms with Gasteiger partial charge in [0.1, 0.15) is 0 Å². The van der Waals surface area contributed by atoms with Gasteiger partial charge in [-0.3, -0.25) is 4.79 Å². The molecule has 0 atom stereocenters. The molecule has 126 valence electrons. The van der Waals surface area contributed by atoms with Gasteiger partial charge in [0.05, 0.1) is 34.8 Å². The topological polar surface area (TPSA) is 52.8 Å². The molecule has 2 aromatic heterocycles. The number of thiazole rings is 1. The number of benzene rings is 2. The summed E-state index contributed by atoms with van der Waals surface area (Å²) in [4.78, 5) is 18.0. The zero-order chi connectivity index (χ0) is 17.6. The minimum atomic E-state index is -0.112. The molecule has 4 rings (SSSR count). The molecular formula is C18H13ClN2O3S. The number of imidazole rings is 1. The van der Waals surface area contributed by atoms with Crippen LogP contribution in [-0.4, -0.2) is 23.6 Å². The van der Waals surface area contributed by atoms with Crippen molar-refractivity contribution in [2.24, 2.45) is 0 Å². The Morgan fingerprint density at radius 3 is 2.64 bits per heavy atom. The number of para-hydroxylation sites is 2. The summed E-state index contributed by atoms with van der Waals surface area (Å²) >= 11 is 7.65. The van der Waals surface area contributed by atoms with E-state index in [-0.39, 0.29) is 5.56 Å². The molecule has 0 bridgehead atoms. The summed E-state index contributed by atoms with van der Waals surface area (Å²) in [5.41, 5.74) is 2.18. The van der Waals surface area contributed by atoms with Crippen LogP contribution in [0.1, 0.15) is 5.56 Å².